The van der Waals surface area contributed by atoms with Gasteiger partial charge in [-0.05, 0) is 40.8 Å². The van der Waals surface area contributed by atoms with Gasteiger partial charge in [-0.2, -0.15) is 0 Å². The molecule has 3 heterocycles. The molecule has 0 atom stereocenters. The number of aromatic nitrogens is 3. The van der Waals surface area contributed by atoms with Gasteiger partial charge in [0.2, 0.25) is 0 Å². The normalized spacial score (nSPS) is 16.9. The number of pyridine rings is 1. The summed E-state index contributed by atoms with van der Waals surface area (Å²) in [6, 6.07) is 2.00. The quantitative estimate of drug-likeness (QED) is 0.870. The molecular weight excluding hydrogens is 310 g/mol. The number of halogens is 1. The van der Waals surface area contributed by atoms with E-state index in [-0.39, 0.29) is 0 Å². The highest BCUT2D eigenvalue weighted by Crippen LogP contribution is 2.25. The molecule has 102 valence electrons. The zero-order valence-electron chi connectivity index (χ0n) is 10.8. The van der Waals surface area contributed by atoms with Gasteiger partial charge in [0.05, 0.1) is 12.1 Å². The Morgan fingerprint density at radius 2 is 2.26 bits per heavy atom. The van der Waals surface area contributed by atoms with Gasteiger partial charge < -0.3 is 9.47 Å². The van der Waals surface area contributed by atoms with Crippen molar-refractivity contribution in [3.63, 3.8) is 0 Å². The summed E-state index contributed by atoms with van der Waals surface area (Å²) in [5.74, 6) is 1.18. The Morgan fingerprint density at radius 1 is 1.47 bits per heavy atom. The van der Waals surface area contributed by atoms with Crippen molar-refractivity contribution in [2.45, 2.75) is 12.8 Å². The van der Waals surface area contributed by atoms with E-state index in [0.29, 0.717) is 18.4 Å². The highest BCUT2D eigenvalue weighted by molar-refractivity contribution is 9.10. The van der Waals surface area contributed by atoms with Crippen LogP contribution >= 0.6 is 15.9 Å². The van der Waals surface area contributed by atoms with Crippen molar-refractivity contribution < 1.29 is 9.47 Å². The van der Waals surface area contributed by atoms with Crippen molar-refractivity contribution in [1.82, 2.24) is 14.8 Å². The molecule has 6 heteroatoms. The smallest absolute Gasteiger partial charge is 0.259 e. The Labute approximate surface area is 120 Å². The summed E-state index contributed by atoms with van der Waals surface area (Å²) < 4.78 is 13.9. The van der Waals surface area contributed by atoms with Gasteiger partial charge in [-0.1, -0.05) is 0 Å². The average Bonchev–Trinajstić information content (AvgIpc) is 2.74. The number of hydrogen-bond acceptors (Lipinski definition) is 4. The molecule has 5 nitrogen and oxygen atoms in total. The van der Waals surface area contributed by atoms with Crippen LogP contribution in [-0.2, 0) is 11.8 Å². The van der Waals surface area contributed by atoms with E-state index >= 15 is 0 Å². The van der Waals surface area contributed by atoms with Crippen LogP contribution in [0, 0.1) is 5.92 Å². The molecule has 0 aromatic carbocycles. The van der Waals surface area contributed by atoms with E-state index in [1.165, 1.54) is 0 Å². The molecule has 1 fully saturated rings. The van der Waals surface area contributed by atoms with Crippen LogP contribution in [0.1, 0.15) is 12.8 Å². The number of fused-ring (bicyclic) bond motifs is 1. The standard InChI is InChI=1S/C13H16BrN3O2/c1-17-11-6-10(14)7-15-12(11)13(16-17)19-8-9-2-4-18-5-3-9/h6-7,9H,2-5,8H2,1H3. The van der Waals surface area contributed by atoms with Crippen molar-refractivity contribution in [3.8, 4) is 5.88 Å². The molecule has 0 saturated carbocycles. The van der Waals surface area contributed by atoms with Crippen molar-refractivity contribution in [2.75, 3.05) is 19.8 Å². The topological polar surface area (TPSA) is 49.2 Å². The third-order valence-corrected chi connectivity index (χ3v) is 3.86. The molecule has 1 aliphatic rings. The maximum Gasteiger partial charge on any atom is 0.259 e. The van der Waals surface area contributed by atoms with Crippen LogP contribution in [0.25, 0.3) is 11.0 Å². The average molecular weight is 326 g/mol. The van der Waals surface area contributed by atoms with Crippen LogP contribution in [0.3, 0.4) is 0 Å². The first kappa shape index (κ1) is 12.9. The first-order chi connectivity index (χ1) is 9.24. The fourth-order valence-corrected chi connectivity index (χ4v) is 2.60. The second-order valence-electron chi connectivity index (χ2n) is 4.82. The van der Waals surface area contributed by atoms with Crippen molar-refractivity contribution in [1.29, 1.82) is 0 Å². The lowest BCUT2D eigenvalue weighted by Gasteiger charge is -2.21. The molecule has 0 spiro atoms. The summed E-state index contributed by atoms with van der Waals surface area (Å²) >= 11 is 3.42. The summed E-state index contributed by atoms with van der Waals surface area (Å²) in [6.45, 7) is 2.36. The summed E-state index contributed by atoms with van der Waals surface area (Å²) in [7, 11) is 1.90. The van der Waals surface area contributed by atoms with Gasteiger partial charge in [0, 0.05) is 30.9 Å². The van der Waals surface area contributed by atoms with Crippen LogP contribution in [0.4, 0.5) is 0 Å². The molecule has 19 heavy (non-hydrogen) atoms. The Morgan fingerprint density at radius 3 is 3.05 bits per heavy atom. The van der Waals surface area contributed by atoms with Crippen molar-refractivity contribution in [3.05, 3.63) is 16.7 Å². The molecule has 0 bridgehead atoms. The minimum absolute atomic E-state index is 0.557. The maximum atomic E-state index is 5.85. The molecule has 3 rings (SSSR count). The fourth-order valence-electron chi connectivity index (χ4n) is 2.28. The second-order valence-corrected chi connectivity index (χ2v) is 5.73. The number of ether oxygens (including phenoxy) is 2. The number of aryl methyl sites for hydroxylation is 1. The lowest BCUT2D eigenvalue weighted by Crippen LogP contribution is -2.21. The Balaban J connectivity index is 1.77. The largest absolute Gasteiger partial charge is 0.475 e. The highest BCUT2D eigenvalue weighted by atomic mass is 79.9. The van der Waals surface area contributed by atoms with E-state index in [2.05, 4.69) is 26.0 Å². The lowest BCUT2D eigenvalue weighted by atomic mass is 10.0. The van der Waals surface area contributed by atoms with E-state index < -0.39 is 0 Å². The van der Waals surface area contributed by atoms with E-state index in [9.17, 15) is 0 Å². The molecule has 0 radical (unpaired) electrons. The molecule has 2 aromatic heterocycles. The minimum Gasteiger partial charge on any atom is -0.475 e. The zero-order chi connectivity index (χ0) is 13.2. The summed E-state index contributed by atoms with van der Waals surface area (Å²) in [4.78, 5) is 4.39. The molecule has 1 aliphatic heterocycles. The predicted octanol–water partition coefficient (Wildman–Crippen LogP) is 2.54. The lowest BCUT2D eigenvalue weighted by molar-refractivity contribution is 0.0491. The number of nitrogens with zero attached hydrogens (tertiary/aromatic N) is 3. The van der Waals surface area contributed by atoms with Crippen molar-refractivity contribution in [2.24, 2.45) is 13.0 Å². The first-order valence-electron chi connectivity index (χ1n) is 6.43. The Kier molecular flexibility index (Phi) is 3.70. The van der Waals surface area contributed by atoms with Gasteiger partial charge in [-0.3, -0.25) is 4.68 Å². The molecule has 1 saturated heterocycles. The van der Waals surface area contributed by atoms with Gasteiger partial charge >= 0.3 is 0 Å². The van der Waals surface area contributed by atoms with Crippen LogP contribution in [-0.4, -0.2) is 34.6 Å². The third-order valence-electron chi connectivity index (χ3n) is 3.42. The van der Waals surface area contributed by atoms with Crippen LogP contribution < -0.4 is 4.74 Å². The first-order valence-corrected chi connectivity index (χ1v) is 7.22. The van der Waals surface area contributed by atoms with Crippen LogP contribution in [0.2, 0.25) is 0 Å². The monoisotopic (exact) mass is 325 g/mol. The van der Waals surface area contributed by atoms with Gasteiger partial charge in [0.1, 0.15) is 0 Å². The zero-order valence-corrected chi connectivity index (χ0v) is 12.4. The molecular formula is C13H16BrN3O2. The number of hydrogen-bond donors (Lipinski definition) is 0. The summed E-state index contributed by atoms with van der Waals surface area (Å²) in [5, 5.41) is 4.40. The van der Waals surface area contributed by atoms with Crippen LogP contribution in [0.5, 0.6) is 5.88 Å². The minimum atomic E-state index is 0.557. The highest BCUT2D eigenvalue weighted by Gasteiger charge is 2.17. The summed E-state index contributed by atoms with van der Waals surface area (Å²) in [5.41, 5.74) is 1.79. The van der Waals surface area contributed by atoms with Gasteiger partial charge in [0.15, 0.2) is 5.52 Å². The van der Waals surface area contributed by atoms with Gasteiger partial charge in [-0.15, -0.1) is 5.10 Å². The van der Waals surface area contributed by atoms with E-state index in [1.807, 2.05) is 13.1 Å². The fraction of sp³-hybridized carbons (Fsp3) is 0.538. The van der Waals surface area contributed by atoms with E-state index in [0.717, 1.165) is 41.6 Å². The van der Waals surface area contributed by atoms with Gasteiger partial charge in [-0.25, -0.2) is 4.98 Å². The predicted molar refractivity (Wildman–Crippen MR) is 75.2 cm³/mol. The molecule has 2 aromatic rings. The molecule has 0 N–H and O–H groups in total. The maximum absolute atomic E-state index is 5.85. The second kappa shape index (κ2) is 5.46. The molecule has 0 unspecified atom stereocenters. The van der Waals surface area contributed by atoms with Crippen molar-refractivity contribution >= 4 is 27.0 Å². The van der Waals surface area contributed by atoms with E-state index in [4.69, 9.17) is 9.47 Å². The Hall–Kier alpha value is -1.14. The molecule has 0 aliphatic carbocycles. The molecule has 0 amide bonds. The summed E-state index contributed by atoms with van der Waals surface area (Å²) in [6.07, 6.45) is 3.89. The third kappa shape index (κ3) is 2.74. The van der Waals surface area contributed by atoms with Crippen LogP contribution in [0.15, 0.2) is 16.7 Å². The Bertz CT molecular complexity index is 579. The van der Waals surface area contributed by atoms with E-state index in [1.54, 1.807) is 10.9 Å². The number of rotatable bonds is 3. The SMILES string of the molecule is Cn1nc(OCC2CCOCC2)c2ncc(Br)cc21. The van der Waals surface area contributed by atoms with Gasteiger partial charge in [0.25, 0.3) is 5.88 Å².